The lowest BCUT2D eigenvalue weighted by atomic mass is 9.94. The molecule has 2 aliphatic heterocycles. The normalized spacial score (nSPS) is 23.7. The molecule has 3 atom stereocenters. The second kappa shape index (κ2) is 13.1. The third kappa shape index (κ3) is 7.30. The Kier molecular flexibility index (Phi) is 9.31. The van der Waals surface area contributed by atoms with Gasteiger partial charge in [-0.3, -0.25) is 14.4 Å². The van der Waals surface area contributed by atoms with Gasteiger partial charge >= 0.3 is 5.97 Å². The molecule has 0 unspecified atom stereocenters. The average Bonchev–Trinajstić information content (AvgIpc) is 3.37. The number of carbonyl (C=O) groups is 3. The lowest BCUT2D eigenvalue weighted by Crippen LogP contribution is -2.43. The van der Waals surface area contributed by atoms with Gasteiger partial charge in [0.15, 0.2) is 0 Å². The molecule has 36 heavy (non-hydrogen) atoms. The van der Waals surface area contributed by atoms with Crippen LogP contribution in [-0.4, -0.2) is 48.4 Å². The summed E-state index contributed by atoms with van der Waals surface area (Å²) in [5.74, 6) is -1.01. The first kappa shape index (κ1) is 25.7. The molecule has 6 heteroatoms. The van der Waals surface area contributed by atoms with Crippen LogP contribution in [0, 0.1) is 11.8 Å². The van der Waals surface area contributed by atoms with Crippen molar-refractivity contribution in [1.82, 2.24) is 10.2 Å². The van der Waals surface area contributed by atoms with Gasteiger partial charge in [0.05, 0.1) is 17.9 Å². The van der Waals surface area contributed by atoms with Crippen LogP contribution in [0.1, 0.15) is 44.7 Å². The molecule has 0 saturated carbocycles. The number of esters is 1. The lowest BCUT2D eigenvalue weighted by molar-refractivity contribution is -0.152. The van der Waals surface area contributed by atoms with Crippen LogP contribution >= 0.6 is 0 Å². The Morgan fingerprint density at radius 3 is 2.33 bits per heavy atom. The predicted octanol–water partition coefficient (Wildman–Crippen LogP) is 4.34. The average molecular weight is 491 g/mol. The van der Waals surface area contributed by atoms with Gasteiger partial charge in [0.25, 0.3) is 0 Å². The van der Waals surface area contributed by atoms with Crippen LogP contribution < -0.4 is 5.32 Å². The van der Waals surface area contributed by atoms with Gasteiger partial charge in [-0.2, -0.15) is 0 Å². The highest BCUT2D eigenvalue weighted by molar-refractivity contribution is 5.86. The van der Waals surface area contributed by atoms with Crippen LogP contribution in [0.5, 0.6) is 0 Å². The largest absolute Gasteiger partial charge is 0.463 e. The minimum atomic E-state index is -0.415. The molecule has 0 aromatic heterocycles. The third-order valence-electron chi connectivity index (χ3n) is 7.10. The monoisotopic (exact) mass is 490 g/mol. The summed E-state index contributed by atoms with van der Waals surface area (Å²) in [5.41, 5.74) is 2.27. The fourth-order valence-electron chi connectivity index (χ4n) is 5.07. The molecule has 2 aliphatic rings. The minimum Gasteiger partial charge on any atom is -0.463 e. The summed E-state index contributed by atoms with van der Waals surface area (Å²) in [6, 6.07) is 19.9. The molecule has 1 saturated heterocycles. The van der Waals surface area contributed by atoms with E-state index in [1.54, 1.807) is 0 Å². The fraction of sp³-hybridized carbons (Fsp3) is 0.433. The van der Waals surface area contributed by atoms with E-state index in [2.05, 4.69) is 5.32 Å². The molecule has 4 rings (SSSR count). The number of cyclic esters (lactones) is 1. The van der Waals surface area contributed by atoms with Crippen LogP contribution in [0.4, 0.5) is 0 Å². The van der Waals surface area contributed by atoms with Crippen LogP contribution in [-0.2, 0) is 32.0 Å². The van der Waals surface area contributed by atoms with Gasteiger partial charge in [-0.1, -0.05) is 72.8 Å². The Morgan fingerprint density at radius 1 is 0.944 bits per heavy atom. The molecule has 2 aromatic rings. The number of nitrogens with zero attached hydrogens (tertiary/aromatic N) is 1. The Bertz CT molecular complexity index is 1040. The Labute approximate surface area is 215 Å². The highest BCUT2D eigenvalue weighted by Gasteiger charge is 2.35. The number of nitrogens with one attached hydrogen (secondary N) is 1. The van der Waals surface area contributed by atoms with Crippen molar-refractivity contribution in [3.05, 3.63) is 83.9 Å². The van der Waals surface area contributed by atoms with Gasteiger partial charge in [0.1, 0.15) is 6.61 Å². The third-order valence-corrected chi connectivity index (χ3v) is 7.10. The second-order valence-electron chi connectivity index (χ2n) is 9.77. The zero-order chi connectivity index (χ0) is 25.2. The zero-order valence-electron chi connectivity index (χ0n) is 20.8. The van der Waals surface area contributed by atoms with Crippen molar-refractivity contribution in [3.63, 3.8) is 0 Å². The van der Waals surface area contributed by atoms with Crippen LogP contribution in [0.2, 0.25) is 0 Å². The highest BCUT2D eigenvalue weighted by Crippen LogP contribution is 2.25. The molecule has 2 heterocycles. The number of hydrogen-bond donors (Lipinski definition) is 1. The molecule has 0 radical (unpaired) electrons. The first-order valence-electron chi connectivity index (χ1n) is 13.1. The number of rotatable bonds is 7. The van der Waals surface area contributed by atoms with Crippen molar-refractivity contribution >= 4 is 17.8 Å². The molecule has 0 spiro atoms. The molecular weight excluding hydrogens is 452 g/mol. The summed E-state index contributed by atoms with van der Waals surface area (Å²) < 4.78 is 5.73. The van der Waals surface area contributed by atoms with E-state index in [0.29, 0.717) is 32.4 Å². The smallest absolute Gasteiger partial charge is 0.309 e. The zero-order valence-corrected chi connectivity index (χ0v) is 20.8. The van der Waals surface area contributed by atoms with E-state index >= 15 is 0 Å². The van der Waals surface area contributed by atoms with E-state index in [9.17, 15) is 14.4 Å². The van der Waals surface area contributed by atoms with Crippen molar-refractivity contribution < 1.29 is 20.5 Å². The Balaban J connectivity index is 0.00000380. The molecule has 1 N–H and O–H groups in total. The number of hydrogen-bond acceptors (Lipinski definition) is 4. The van der Waals surface area contributed by atoms with Gasteiger partial charge in [-0.05, 0) is 49.7 Å². The van der Waals surface area contributed by atoms with Gasteiger partial charge in [0.2, 0.25) is 11.8 Å². The molecule has 0 bridgehead atoms. The summed E-state index contributed by atoms with van der Waals surface area (Å²) in [7, 11) is 0. The maximum atomic E-state index is 13.4. The second-order valence-corrected chi connectivity index (χ2v) is 9.77. The van der Waals surface area contributed by atoms with Gasteiger partial charge in [0, 0.05) is 20.9 Å². The van der Waals surface area contributed by atoms with Gasteiger partial charge in [-0.25, -0.2) is 0 Å². The lowest BCUT2D eigenvalue weighted by Gasteiger charge is -2.29. The van der Waals surface area contributed by atoms with E-state index in [1.807, 2.05) is 77.7 Å². The topological polar surface area (TPSA) is 75.7 Å². The molecule has 2 aromatic carbocycles. The molecule has 1 fully saturated rings. The van der Waals surface area contributed by atoms with Crippen molar-refractivity contribution in [1.29, 1.82) is 0 Å². The fourth-order valence-corrected chi connectivity index (χ4v) is 5.07. The van der Waals surface area contributed by atoms with E-state index in [4.69, 9.17) is 4.74 Å². The highest BCUT2D eigenvalue weighted by atomic mass is 16.5. The minimum absolute atomic E-state index is 0. The summed E-state index contributed by atoms with van der Waals surface area (Å²) in [6.07, 6.45) is 8.19. The van der Waals surface area contributed by atoms with Gasteiger partial charge < -0.3 is 15.0 Å². The van der Waals surface area contributed by atoms with E-state index in [1.165, 1.54) is 5.56 Å². The molecule has 0 aliphatic carbocycles. The van der Waals surface area contributed by atoms with E-state index in [0.717, 1.165) is 24.8 Å². The number of benzene rings is 2. The number of ether oxygens (including phenoxy) is 1. The summed E-state index contributed by atoms with van der Waals surface area (Å²) >= 11 is 0. The molecule has 192 valence electrons. The van der Waals surface area contributed by atoms with Gasteiger partial charge in [-0.15, -0.1) is 0 Å². The Hall–Kier alpha value is -3.41. The predicted molar refractivity (Wildman–Crippen MR) is 141 cm³/mol. The maximum Gasteiger partial charge on any atom is 0.309 e. The Morgan fingerprint density at radius 2 is 1.61 bits per heavy atom. The van der Waals surface area contributed by atoms with Crippen LogP contribution in [0.25, 0.3) is 0 Å². The molecular formula is C30H38N2O4. The van der Waals surface area contributed by atoms with Crippen molar-refractivity contribution in [2.24, 2.45) is 11.8 Å². The number of carbonyl (C=O) groups excluding carboxylic acids is 3. The van der Waals surface area contributed by atoms with Crippen molar-refractivity contribution in [3.8, 4) is 0 Å². The summed E-state index contributed by atoms with van der Waals surface area (Å²) in [5, 5.41) is 2.98. The van der Waals surface area contributed by atoms with E-state index < -0.39 is 5.92 Å². The molecule has 6 nitrogen and oxygen atoms in total. The molecule has 2 amide bonds. The number of amides is 2. The maximum absolute atomic E-state index is 13.4. The van der Waals surface area contributed by atoms with Crippen LogP contribution in [0.3, 0.4) is 0 Å². The number of allylic oxidation sites excluding steroid dienone is 2. The SMILES string of the molecule is O=C(C[C@H]1C/C=C\C[C@H](Cc2ccccc2)C(=O)OC[C@@H]2CCCN2C1=O)NCCc1ccccc1.[HH]. The first-order chi connectivity index (χ1) is 17.6. The standard InChI is InChI=1S/C30H36N2O4.H2/c33-28(31-18-17-23-10-3-1-4-11-23)21-25-14-7-8-15-26(20-24-12-5-2-6-13-24)30(35)36-22-27-16-9-19-32(27)29(25)34;/h1-8,10-13,25-27H,9,14-22H2,(H,31,33);1H/b8-7-;/t25-,26-,27+;/m1./s1. The van der Waals surface area contributed by atoms with Crippen LogP contribution in [0.15, 0.2) is 72.8 Å². The summed E-state index contributed by atoms with van der Waals surface area (Å²) in [6.45, 7) is 1.41. The first-order valence-corrected chi connectivity index (χ1v) is 13.1. The van der Waals surface area contributed by atoms with Crippen molar-refractivity contribution in [2.45, 2.75) is 51.0 Å². The van der Waals surface area contributed by atoms with Crippen molar-refractivity contribution in [2.75, 3.05) is 19.7 Å². The summed E-state index contributed by atoms with van der Waals surface area (Å²) in [4.78, 5) is 40.9. The quantitative estimate of drug-likeness (QED) is 0.463. The number of fused-ring (bicyclic) bond motifs is 1. The van der Waals surface area contributed by atoms with E-state index in [-0.39, 0.29) is 44.2 Å².